The number of hydrogen-bond acceptors (Lipinski definition) is 10. The minimum absolute atomic E-state index is 0.0239. The molecular formula is C31H38ClF2N6O9P. The number of halogens is 3. The molecule has 1 heterocycles. The number of carbonyl (C=O) groups excluding carboxylic acids is 3. The van der Waals surface area contributed by atoms with E-state index in [-0.39, 0.29) is 48.9 Å². The summed E-state index contributed by atoms with van der Waals surface area (Å²) in [5.41, 5.74) is 2.60. The smallest absolute Gasteiger partial charge is 0.433 e. The average Bonchev–Trinajstić information content (AvgIpc) is 3.56. The number of unbranched alkanes of at least 4 members (excludes halogenated alkanes) is 1. The van der Waals surface area contributed by atoms with Crippen molar-refractivity contribution in [2.24, 2.45) is 0 Å². The number of phenols is 1. The number of nitrogens with zero attached hydrogens (tertiary/aromatic N) is 2. The topological polar surface area (TPSA) is 219 Å². The van der Waals surface area contributed by atoms with Gasteiger partial charge in [0.2, 0.25) is 11.8 Å². The highest BCUT2D eigenvalue weighted by atomic mass is 35.5. The molecule has 0 bridgehead atoms. The Balaban J connectivity index is 1.82. The Morgan fingerprint density at radius 1 is 1.10 bits per heavy atom. The number of furan rings is 1. The molecule has 6 N–H and O–H groups in total. The van der Waals surface area contributed by atoms with Crippen molar-refractivity contribution in [1.29, 1.82) is 0 Å². The normalized spacial score (nSPS) is 13.3. The van der Waals surface area contributed by atoms with E-state index >= 15 is 8.78 Å². The van der Waals surface area contributed by atoms with Gasteiger partial charge < -0.3 is 35.7 Å². The number of aromatic hydroxyl groups is 1. The Morgan fingerprint density at radius 3 is 2.40 bits per heavy atom. The van der Waals surface area contributed by atoms with Gasteiger partial charge in [0.25, 0.3) is 5.91 Å². The molecule has 3 amide bonds. The van der Waals surface area contributed by atoms with Crippen LogP contribution in [0.25, 0.3) is 0 Å². The number of phenolic OH excluding ortho intramolecular Hbond substituents is 1. The lowest BCUT2D eigenvalue weighted by Crippen LogP contribution is -2.52. The highest BCUT2D eigenvalue weighted by Gasteiger charge is 2.56. The van der Waals surface area contributed by atoms with Gasteiger partial charge in [-0.1, -0.05) is 12.1 Å². The van der Waals surface area contributed by atoms with Crippen LogP contribution in [0.3, 0.4) is 0 Å². The van der Waals surface area contributed by atoms with Crippen molar-refractivity contribution in [2.45, 2.75) is 44.0 Å². The number of benzene rings is 2. The van der Waals surface area contributed by atoms with Gasteiger partial charge >= 0.3 is 19.1 Å². The van der Waals surface area contributed by atoms with Crippen LogP contribution in [0.5, 0.6) is 5.75 Å². The summed E-state index contributed by atoms with van der Waals surface area (Å²) in [5, 5.41) is 27.5. The number of nitro groups is 1. The largest absolute Gasteiger partial charge is 0.508 e. The van der Waals surface area contributed by atoms with Crippen molar-refractivity contribution < 1.29 is 46.7 Å². The minimum Gasteiger partial charge on any atom is -0.508 e. The Labute approximate surface area is 291 Å². The van der Waals surface area contributed by atoms with E-state index in [1.54, 1.807) is 12.1 Å². The first-order chi connectivity index (χ1) is 23.6. The summed E-state index contributed by atoms with van der Waals surface area (Å²) in [6.45, 7) is -1.76. The van der Waals surface area contributed by atoms with Gasteiger partial charge in [0.05, 0.1) is 19.0 Å². The summed E-state index contributed by atoms with van der Waals surface area (Å²) in [4.78, 5) is 48.9. The van der Waals surface area contributed by atoms with E-state index in [2.05, 4.69) is 16.0 Å². The maximum Gasteiger partial charge on any atom is 0.433 e. The monoisotopic (exact) mass is 742 g/mol. The van der Waals surface area contributed by atoms with E-state index in [9.17, 15) is 34.2 Å². The zero-order valence-corrected chi connectivity index (χ0v) is 28.6. The second-order valence-electron chi connectivity index (χ2n) is 11.1. The molecule has 0 saturated carbocycles. The van der Waals surface area contributed by atoms with Crippen LogP contribution in [0.1, 0.15) is 40.9 Å². The summed E-state index contributed by atoms with van der Waals surface area (Å²) in [6, 6.07) is 11.9. The second kappa shape index (κ2) is 18.4. The molecule has 272 valence electrons. The number of carbonyl (C=O) groups is 3. The van der Waals surface area contributed by atoms with Crippen molar-refractivity contribution in [1.82, 2.24) is 20.6 Å². The standard InChI is InChI=1S/C31H38ClF2N6O9P/c1-39(17-3-2-15-32)50(47,48-20-25-12-13-28(49-25)40(45)46)31(33,34)18-26(30(44)36-16-14-21-4-10-24(41)11-5-21)38-27(42)19-37-29(43)22-6-8-23(35)9-7-22/h4-13,26,41H,2-3,14-20,35H2,1H3,(H,36,44)(H,37,43)(H,38,42). The number of rotatable bonds is 20. The molecule has 3 aromatic rings. The van der Waals surface area contributed by atoms with Crippen LogP contribution in [0.15, 0.2) is 65.1 Å². The average molecular weight is 743 g/mol. The van der Waals surface area contributed by atoms with Gasteiger partial charge in [0.15, 0.2) is 0 Å². The molecule has 0 aliphatic rings. The van der Waals surface area contributed by atoms with E-state index in [1.165, 1.54) is 36.4 Å². The van der Waals surface area contributed by atoms with Crippen LogP contribution in [0, 0.1) is 10.1 Å². The van der Waals surface area contributed by atoms with Gasteiger partial charge in [0, 0.05) is 30.2 Å². The molecule has 50 heavy (non-hydrogen) atoms. The van der Waals surface area contributed by atoms with Gasteiger partial charge in [-0.3, -0.25) is 29.1 Å². The maximum atomic E-state index is 16.3. The second-order valence-corrected chi connectivity index (χ2v) is 14.1. The third-order valence-electron chi connectivity index (χ3n) is 7.27. The first-order valence-electron chi connectivity index (χ1n) is 15.3. The first kappa shape index (κ1) is 39.9. The van der Waals surface area contributed by atoms with Crippen LogP contribution >= 0.6 is 19.1 Å². The number of amides is 3. The van der Waals surface area contributed by atoms with Gasteiger partial charge in [-0.15, -0.1) is 11.6 Å². The summed E-state index contributed by atoms with van der Waals surface area (Å²) < 4.78 is 57.8. The number of anilines is 1. The summed E-state index contributed by atoms with van der Waals surface area (Å²) >= 11 is 5.72. The fourth-order valence-electron chi connectivity index (χ4n) is 4.53. The third-order valence-corrected chi connectivity index (χ3v) is 10.1. The molecule has 0 radical (unpaired) electrons. The van der Waals surface area contributed by atoms with E-state index in [4.69, 9.17) is 26.3 Å². The van der Waals surface area contributed by atoms with Crippen LogP contribution in [-0.4, -0.2) is 76.7 Å². The molecule has 2 unspecified atom stereocenters. The van der Waals surface area contributed by atoms with Gasteiger partial charge in [0.1, 0.15) is 29.1 Å². The van der Waals surface area contributed by atoms with E-state index in [0.717, 1.165) is 23.9 Å². The van der Waals surface area contributed by atoms with E-state index in [0.29, 0.717) is 17.7 Å². The van der Waals surface area contributed by atoms with Crippen LogP contribution in [0.4, 0.5) is 20.4 Å². The number of nitrogens with two attached hydrogens (primary N) is 1. The molecule has 2 atom stereocenters. The summed E-state index contributed by atoms with van der Waals surface area (Å²) in [5.74, 6) is -3.42. The molecule has 0 saturated heterocycles. The van der Waals surface area contributed by atoms with Crippen LogP contribution in [0.2, 0.25) is 0 Å². The van der Waals surface area contributed by atoms with Crippen molar-refractivity contribution in [3.63, 3.8) is 0 Å². The Morgan fingerprint density at radius 2 is 1.78 bits per heavy atom. The number of hydrogen-bond donors (Lipinski definition) is 5. The molecule has 3 rings (SSSR count). The highest BCUT2D eigenvalue weighted by molar-refractivity contribution is 7.57. The lowest BCUT2D eigenvalue weighted by atomic mass is 10.1. The van der Waals surface area contributed by atoms with Gasteiger partial charge in [-0.2, -0.15) is 8.78 Å². The fourth-order valence-corrected chi connectivity index (χ4v) is 6.73. The predicted octanol–water partition coefficient (Wildman–Crippen LogP) is 4.39. The van der Waals surface area contributed by atoms with Crippen molar-refractivity contribution in [3.05, 3.63) is 87.7 Å². The lowest BCUT2D eigenvalue weighted by molar-refractivity contribution is -0.402. The molecular weight excluding hydrogens is 705 g/mol. The molecule has 15 nitrogen and oxygen atoms in total. The molecule has 0 aliphatic heterocycles. The summed E-state index contributed by atoms with van der Waals surface area (Å²) in [6.07, 6.45) is -0.612. The quantitative estimate of drug-likeness (QED) is 0.0273. The van der Waals surface area contributed by atoms with Crippen LogP contribution < -0.4 is 21.7 Å². The zero-order valence-electron chi connectivity index (χ0n) is 27.0. The van der Waals surface area contributed by atoms with E-state index < -0.39 is 67.3 Å². The molecule has 2 aromatic carbocycles. The summed E-state index contributed by atoms with van der Waals surface area (Å²) in [7, 11) is -4.10. The number of nitrogen functional groups attached to an aromatic ring is 1. The Kier molecular flexibility index (Phi) is 14.7. The lowest BCUT2D eigenvalue weighted by Gasteiger charge is -2.35. The third kappa shape index (κ3) is 11.5. The first-order valence-corrected chi connectivity index (χ1v) is 17.4. The maximum absolute atomic E-state index is 16.3. The van der Waals surface area contributed by atoms with Crippen molar-refractivity contribution >= 4 is 48.4 Å². The molecule has 1 aromatic heterocycles. The van der Waals surface area contributed by atoms with Gasteiger partial charge in [-0.25, -0.2) is 4.67 Å². The van der Waals surface area contributed by atoms with Crippen molar-refractivity contribution in [2.75, 3.05) is 38.3 Å². The Bertz CT molecular complexity index is 1660. The number of alkyl halides is 3. The molecule has 19 heteroatoms. The molecule has 0 fully saturated rings. The minimum atomic E-state index is -5.23. The van der Waals surface area contributed by atoms with E-state index in [1.807, 2.05) is 0 Å². The molecule has 0 aliphatic carbocycles. The van der Waals surface area contributed by atoms with Gasteiger partial charge in [-0.05, 0) is 74.3 Å². The zero-order chi connectivity index (χ0) is 36.9. The predicted molar refractivity (Wildman–Crippen MR) is 180 cm³/mol. The molecule has 0 spiro atoms. The fraction of sp³-hybridized carbons (Fsp3) is 0.387. The van der Waals surface area contributed by atoms with Crippen LogP contribution in [-0.2, 0) is 31.7 Å². The Hall–Kier alpha value is -4.57. The number of nitrogens with one attached hydrogen (secondary N) is 3. The SMILES string of the molecule is CN(CCCCCl)P(=O)(OCc1ccc([N+](=O)[O-])o1)C(F)(F)CC(NC(=O)CNC(=O)c1ccc(N)cc1)C(=O)NCCc1ccc(O)cc1. The van der Waals surface area contributed by atoms with Crippen molar-refractivity contribution in [3.8, 4) is 5.75 Å². The highest BCUT2D eigenvalue weighted by Crippen LogP contribution is 2.65.